The van der Waals surface area contributed by atoms with E-state index in [9.17, 15) is 9.59 Å². The summed E-state index contributed by atoms with van der Waals surface area (Å²) >= 11 is 0. The van der Waals surface area contributed by atoms with Crippen molar-refractivity contribution >= 4 is 23.3 Å². The number of pyridine rings is 1. The number of rotatable bonds is 8. The number of aromatic nitrogens is 1. The number of ether oxygens (including phenoxy) is 4. The van der Waals surface area contributed by atoms with Crippen LogP contribution in [0, 0.1) is 6.92 Å². The average Bonchev–Trinajstić information content (AvgIpc) is 3.15. The van der Waals surface area contributed by atoms with Gasteiger partial charge in [0.05, 0.1) is 44.7 Å². The summed E-state index contributed by atoms with van der Waals surface area (Å²) in [5.74, 6) is 0.728. The highest BCUT2D eigenvalue weighted by molar-refractivity contribution is 6.09. The fraction of sp³-hybridized carbons (Fsp3) is 0.250. The summed E-state index contributed by atoms with van der Waals surface area (Å²) in [6.45, 7) is 3.92. The second kappa shape index (κ2) is 9.38. The standard InChI is InChI=1S/C24H25NO6/c1-6-31-24(27)17-13-19(25-14-15(2)7-9-18(17)25)20(26)10-8-16-11-21(28-3)23(30-5)22(12-16)29-4/h7-14H,6H2,1-5H3/b10-8+. The number of allylic oxidation sites excluding steroid dienone is 1. The van der Waals surface area contributed by atoms with Crippen LogP contribution in [0.4, 0.5) is 0 Å². The van der Waals surface area contributed by atoms with E-state index in [1.54, 1.807) is 41.7 Å². The monoisotopic (exact) mass is 423 g/mol. The number of hydrogen-bond donors (Lipinski definition) is 0. The van der Waals surface area contributed by atoms with Crippen LogP contribution in [-0.2, 0) is 4.74 Å². The van der Waals surface area contributed by atoms with Crippen LogP contribution in [0.25, 0.3) is 11.6 Å². The van der Waals surface area contributed by atoms with Gasteiger partial charge in [0, 0.05) is 6.20 Å². The summed E-state index contributed by atoms with van der Waals surface area (Å²) in [5.41, 5.74) is 3.00. The first-order valence-electron chi connectivity index (χ1n) is 9.74. The molecule has 3 rings (SSSR count). The van der Waals surface area contributed by atoms with E-state index in [4.69, 9.17) is 18.9 Å². The predicted octanol–water partition coefficient (Wildman–Crippen LogP) is 4.35. The lowest BCUT2D eigenvalue weighted by Crippen LogP contribution is -2.03. The molecule has 1 aromatic carbocycles. The quantitative estimate of drug-likeness (QED) is 0.305. The molecule has 0 aliphatic heterocycles. The number of esters is 1. The number of hydrogen-bond acceptors (Lipinski definition) is 6. The maximum absolute atomic E-state index is 13.0. The third-order valence-corrected chi connectivity index (χ3v) is 4.77. The Balaban J connectivity index is 2.01. The van der Waals surface area contributed by atoms with Gasteiger partial charge in [-0.25, -0.2) is 4.79 Å². The van der Waals surface area contributed by atoms with Gasteiger partial charge in [0.25, 0.3) is 0 Å². The zero-order valence-electron chi connectivity index (χ0n) is 18.2. The number of carbonyl (C=O) groups is 2. The molecule has 0 radical (unpaired) electrons. The summed E-state index contributed by atoms with van der Waals surface area (Å²) < 4.78 is 22.9. The van der Waals surface area contributed by atoms with Gasteiger partial charge in [-0.2, -0.15) is 0 Å². The first-order chi connectivity index (χ1) is 14.9. The summed E-state index contributed by atoms with van der Waals surface area (Å²) in [7, 11) is 4.59. The van der Waals surface area contributed by atoms with E-state index in [-0.39, 0.29) is 12.4 Å². The van der Waals surface area contributed by atoms with Crippen LogP contribution in [-0.4, -0.2) is 44.1 Å². The Morgan fingerprint density at radius 2 is 1.68 bits per heavy atom. The first kappa shape index (κ1) is 22.0. The molecule has 0 spiro atoms. The number of fused-ring (bicyclic) bond motifs is 1. The smallest absolute Gasteiger partial charge is 0.340 e. The zero-order valence-corrected chi connectivity index (χ0v) is 18.2. The van der Waals surface area contributed by atoms with Crippen molar-refractivity contribution < 1.29 is 28.5 Å². The summed E-state index contributed by atoms with van der Waals surface area (Å²) in [6.07, 6.45) is 4.92. The van der Waals surface area contributed by atoms with Gasteiger partial charge in [-0.1, -0.05) is 12.1 Å². The van der Waals surface area contributed by atoms with Gasteiger partial charge in [0.2, 0.25) is 11.5 Å². The topological polar surface area (TPSA) is 75.5 Å². The van der Waals surface area contributed by atoms with E-state index in [0.29, 0.717) is 39.6 Å². The van der Waals surface area contributed by atoms with E-state index in [1.165, 1.54) is 27.4 Å². The number of methoxy groups -OCH3 is 3. The van der Waals surface area contributed by atoms with Crippen LogP contribution < -0.4 is 14.2 Å². The Kier molecular flexibility index (Phi) is 6.65. The van der Waals surface area contributed by atoms with E-state index < -0.39 is 5.97 Å². The number of aryl methyl sites for hydroxylation is 1. The molecule has 7 nitrogen and oxygen atoms in total. The fourth-order valence-corrected chi connectivity index (χ4v) is 3.32. The SMILES string of the molecule is CCOC(=O)c1cc(C(=O)/C=C/c2cc(OC)c(OC)c(OC)c2)n2cc(C)ccc12. The zero-order chi connectivity index (χ0) is 22.5. The Bertz CT molecular complexity index is 1130. The normalized spacial score (nSPS) is 11.0. The van der Waals surface area contributed by atoms with Gasteiger partial charge in [-0.15, -0.1) is 0 Å². The molecular formula is C24H25NO6. The van der Waals surface area contributed by atoms with E-state index >= 15 is 0 Å². The molecule has 0 atom stereocenters. The minimum atomic E-state index is -0.462. The molecule has 0 amide bonds. The fourth-order valence-electron chi connectivity index (χ4n) is 3.32. The minimum absolute atomic E-state index is 0.256. The number of ketones is 1. The van der Waals surface area contributed by atoms with Gasteiger partial charge in [-0.3, -0.25) is 4.79 Å². The van der Waals surface area contributed by atoms with Crippen molar-refractivity contribution in [2.75, 3.05) is 27.9 Å². The third-order valence-electron chi connectivity index (χ3n) is 4.77. The molecule has 0 bridgehead atoms. The molecule has 162 valence electrons. The third kappa shape index (κ3) is 4.40. The highest BCUT2D eigenvalue weighted by Crippen LogP contribution is 2.38. The Hall–Kier alpha value is -3.74. The lowest BCUT2D eigenvalue weighted by Gasteiger charge is -2.12. The van der Waals surface area contributed by atoms with E-state index in [2.05, 4.69) is 0 Å². The molecule has 0 aliphatic carbocycles. The van der Waals surface area contributed by atoms with Gasteiger partial charge in [0.15, 0.2) is 11.5 Å². The predicted molar refractivity (Wildman–Crippen MR) is 118 cm³/mol. The van der Waals surface area contributed by atoms with Crippen LogP contribution >= 0.6 is 0 Å². The Morgan fingerprint density at radius 3 is 2.26 bits per heavy atom. The van der Waals surface area contributed by atoms with Crippen molar-refractivity contribution in [2.24, 2.45) is 0 Å². The maximum Gasteiger partial charge on any atom is 0.340 e. The molecular weight excluding hydrogens is 398 g/mol. The lowest BCUT2D eigenvalue weighted by molar-refractivity contribution is 0.0529. The van der Waals surface area contributed by atoms with Crippen molar-refractivity contribution in [3.63, 3.8) is 0 Å². The minimum Gasteiger partial charge on any atom is -0.493 e. The van der Waals surface area contributed by atoms with Gasteiger partial charge >= 0.3 is 5.97 Å². The van der Waals surface area contributed by atoms with Gasteiger partial charge in [0.1, 0.15) is 0 Å². The molecule has 0 unspecified atom stereocenters. The maximum atomic E-state index is 13.0. The molecule has 2 heterocycles. The largest absolute Gasteiger partial charge is 0.493 e. The summed E-state index contributed by atoms with van der Waals surface area (Å²) in [6, 6.07) is 8.75. The van der Waals surface area contributed by atoms with E-state index in [1.807, 2.05) is 19.2 Å². The molecule has 0 saturated heterocycles. The number of benzene rings is 1. The molecule has 7 heteroatoms. The highest BCUT2D eigenvalue weighted by Gasteiger charge is 2.19. The van der Waals surface area contributed by atoms with Crippen LogP contribution in [0.2, 0.25) is 0 Å². The van der Waals surface area contributed by atoms with Crippen LogP contribution in [0.5, 0.6) is 17.2 Å². The molecule has 0 aliphatic rings. The lowest BCUT2D eigenvalue weighted by atomic mass is 10.1. The Labute approximate surface area is 180 Å². The van der Waals surface area contributed by atoms with Crippen molar-refractivity contribution in [1.82, 2.24) is 4.40 Å². The number of carbonyl (C=O) groups excluding carboxylic acids is 2. The second-order valence-electron chi connectivity index (χ2n) is 6.78. The first-order valence-corrected chi connectivity index (χ1v) is 9.74. The molecule has 31 heavy (non-hydrogen) atoms. The van der Waals surface area contributed by atoms with Crippen molar-refractivity contribution in [3.8, 4) is 17.2 Å². The van der Waals surface area contributed by atoms with Crippen molar-refractivity contribution in [1.29, 1.82) is 0 Å². The van der Waals surface area contributed by atoms with Crippen molar-refractivity contribution in [2.45, 2.75) is 13.8 Å². The second-order valence-corrected chi connectivity index (χ2v) is 6.78. The van der Waals surface area contributed by atoms with Gasteiger partial charge < -0.3 is 23.3 Å². The van der Waals surface area contributed by atoms with Gasteiger partial charge in [-0.05, 0) is 55.3 Å². The Morgan fingerprint density at radius 1 is 1.00 bits per heavy atom. The molecule has 0 saturated carbocycles. The van der Waals surface area contributed by atoms with Crippen LogP contribution in [0.15, 0.2) is 42.6 Å². The molecule has 0 fully saturated rings. The van der Waals surface area contributed by atoms with Crippen LogP contribution in [0.3, 0.4) is 0 Å². The van der Waals surface area contributed by atoms with Crippen LogP contribution in [0.1, 0.15) is 38.9 Å². The molecule has 2 aromatic heterocycles. The van der Waals surface area contributed by atoms with Crippen molar-refractivity contribution in [3.05, 3.63) is 65.0 Å². The number of nitrogens with zero attached hydrogens (tertiary/aromatic N) is 1. The highest BCUT2D eigenvalue weighted by atomic mass is 16.5. The average molecular weight is 423 g/mol. The van der Waals surface area contributed by atoms with E-state index in [0.717, 1.165) is 5.56 Å². The molecule has 3 aromatic rings. The summed E-state index contributed by atoms with van der Waals surface area (Å²) in [4.78, 5) is 25.4. The molecule has 0 N–H and O–H groups in total. The summed E-state index contributed by atoms with van der Waals surface area (Å²) in [5, 5.41) is 0.